The fourth-order valence-electron chi connectivity index (χ4n) is 1.88. The van der Waals surface area contributed by atoms with Crippen molar-refractivity contribution in [3.8, 4) is 0 Å². The molecule has 0 amide bonds. The summed E-state index contributed by atoms with van der Waals surface area (Å²) in [6.07, 6.45) is 2.19. The van der Waals surface area contributed by atoms with E-state index in [1.807, 2.05) is 18.2 Å². The van der Waals surface area contributed by atoms with Gasteiger partial charge in [-0.2, -0.15) is 0 Å². The molecule has 1 aliphatic heterocycles. The number of aromatic nitrogens is 1. The normalized spacial score (nSPS) is 17.0. The zero-order valence-corrected chi connectivity index (χ0v) is 9.89. The van der Waals surface area contributed by atoms with E-state index in [4.69, 9.17) is 15.3 Å². The van der Waals surface area contributed by atoms with Crippen LogP contribution >= 0.6 is 0 Å². The van der Waals surface area contributed by atoms with Crippen LogP contribution in [0.5, 0.6) is 0 Å². The summed E-state index contributed by atoms with van der Waals surface area (Å²) >= 11 is 0. The van der Waals surface area contributed by atoms with Crippen LogP contribution in [-0.4, -0.2) is 24.8 Å². The lowest BCUT2D eigenvalue weighted by atomic mass is 10.0. The molecule has 1 aromatic rings. The van der Waals surface area contributed by atoms with Gasteiger partial charge in [0, 0.05) is 13.2 Å². The predicted molar refractivity (Wildman–Crippen MR) is 65.2 cm³/mol. The molecule has 0 atom stereocenters. The molecule has 1 aliphatic rings. The first-order valence-corrected chi connectivity index (χ1v) is 5.96. The molecule has 0 saturated carbocycles. The van der Waals surface area contributed by atoms with Gasteiger partial charge in [-0.1, -0.05) is 6.07 Å². The molecule has 2 rings (SSSR count). The van der Waals surface area contributed by atoms with Crippen LogP contribution in [0.15, 0.2) is 18.2 Å². The summed E-state index contributed by atoms with van der Waals surface area (Å²) in [5, 5.41) is 0. The van der Waals surface area contributed by atoms with Crippen LogP contribution in [0.4, 0.5) is 5.82 Å². The molecule has 0 aromatic carbocycles. The number of rotatable bonds is 5. The molecule has 0 spiro atoms. The lowest BCUT2D eigenvalue weighted by Gasteiger charge is -2.21. The van der Waals surface area contributed by atoms with E-state index in [1.54, 1.807) is 0 Å². The van der Waals surface area contributed by atoms with E-state index in [1.165, 1.54) is 0 Å². The molecule has 0 radical (unpaired) electrons. The highest BCUT2D eigenvalue weighted by atomic mass is 16.5. The third-order valence-corrected chi connectivity index (χ3v) is 2.90. The van der Waals surface area contributed by atoms with E-state index in [9.17, 15) is 0 Å². The van der Waals surface area contributed by atoms with Crippen molar-refractivity contribution in [2.45, 2.75) is 19.4 Å². The van der Waals surface area contributed by atoms with Crippen molar-refractivity contribution in [3.05, 3.63) is 23.9 Å². The zero-order valence-electron chi connectivity index (χ0n) is 9.89. The Hall–Kier alpha value is -1.17. The molecule has 0 aliphatic carbocycles. The molecule has 1 aromatic heterocycles. The first kappa shape index (κ1) is 12.3. The third-order valence-electron chi connectivity index (χ3n) is 2.90. The molecule has 5 heteroatoms. The summed E-state index contributed by atoms with van der Waals surface area (Å²) in [4.78, 5) is 4.29. The number of nitrogens with zero attached hydrogens (tertiary/aromatic N) is 1. The van der Waals surface area contributed by atoms with Crippen LogP contribution in [0.1, 0.15) is 18.5 Å². The SMILES string of the molecule is NNc1cccc(COCC2CCOCC2)n1. The van der Waals surface area contributed by atoms with Gasteiger partial charge in [0.1, 0.15) is 5.82 Å². The molecule has 3 N–H and O–H groups in total. The van der Waals surface area contributed by atoms with Gasteiger partial charge in [0.2, 0.25) is 0 Å². The maximum Gasteiger partial charge on any atom is 0.140 e. The molecule has 94 valence electrons. The van der Waals surface area contributed by atoms with Gasteiger partial charge in [0.15, 0.2) is 0 Å². The summed E-state index contributed by atoms with van der Waals surface area (Å²) in [5.41, 5.74) is 3.42. The standard InChI is InChI=1S/C12H19N3O2/c13-15-12-3-1-2-11(14-12)9-17-8-10-4-6-16-7-5-10/h1-3,10H,4-9,13H2,(H,14,15). The molecule has 5 nitrogen and oxygen atoms in total. The lowest BCUT2D eigenvalue weighted by Crippen LogP contribution is -2.20. The molecule has 1 saturated heterocycles. The number of pyridine rings is 1. The Kier molecular flexibility index (Phi) is 4.73. The number of nitrogens with two attached hydrogens (primary N) is 1. The first-order valence-electron chi connectivity index (χ1n) is 5.96. The number of nitrogens with one attached hydrogen (secondary N) is 1. The van der Waals surface area contributed by atoms with Crippen molar-refractivity contribution in [1.82, 2.24) is 4.98 Å². The van der Waals surface area contributed by atoms with Crippen molar-refractivity contribution in [2.75, 3.05) is 25.2 Å². The van der Waals surface area contributed by atoms with Crippen LogP contribution in [0.25, 0.3) is 0 Å². The van der Waals surface area contributed by atoms with Gasteiger partial charge in [0.25, 0.3) is 0 Å². The summed E-state index contributed by atoms with van der Waals surface area (Å²) in [6.45, 7) is 3.04. The highest BCUT2D eigenvalue weighted by molar-refractivity contribution is 5.33. The summed E-state index contributed by atoms with van der Waals surface area (Å²) in [5.74, 6) is 6.59. The number of hydrogen-bond donors (Lipinski definition) is 2. The Morgan fingerprint density at radius 3 is 3.00 bits per heavy atom. The topological polar surface area (TPSA) is 69.4 Å². The van der Waals surface area contributed by atoms with Crippen LogP contribution in [0.2, 0.25) is 0 Å². The van der Waals surface area contributed by atoms with E-state index >= 15 is 0 Å². The number of hydrazine groups is 1. The highest BCUT2D eigenvalue weighted by Crippen LogP contribution is 2.15. The minimum atomic E-state index is 0.535. The number of nitrogen functional groups attached to an aromatic ring is 1. The largest absolute Gasteiger partial charge is 0.381 e. The Morgan fingerprint density at radius 1 is 1.41 bits per heavy atom. The average Bonchev–Trinajstić information content (AvgIpc) is 2.40. The molecule has 2 heterocycles. The monoisotopic (exact) mass is 237 g/mol. The number of ether oxygens (including phenoxy) is 2. The Labute approximate surface area is 101 Å². The van der Waals surface area contributed by atoms with Crippen LogP contribution < -0.4 is 11.3 Å². The minimum absolute atomic E-state index is 0.535. The van der Waals surface area contributed by atoms with Crippen LogP contribution in [-0.2, 0) is 16.1 Å². The second-order valence-electron chi connectivity index (χ2n) is 4.23. The van der Waals surface area contributed by atoms with Gasteiger partial charge < -0.3 is 14.9 Å². The van der Waals surface area contributed by atoms with Crippen molar-refractivity contribution in [3.63, 3.8) is 0 Å². The van der Waals surface area contributed by atoms with Crippen LogP contribution in [0, 0.1) is 5.92 Å². The van der Waals surface area contributed by atoms with Gasteiger partial charge in [-0.05, 0) is 30.9 Å². The maximum absolute atomic E-state index is 5.67. The van der Waals surface area contributed by atoms with Gasteiger partial charge in [-0.25, -0.2) is 10.8 Å². The molecular formula is C12H19N3O2. The van der Waals surface area contributed by atoms with Gasteiger partial charge in [-0.15, -0.1) is 0 Å². The smallest absolute Gasteiger partial charge is 0.140 e. The van der Waals surface area contributed by atoms with E-state index in [0.717, 1.165) is 38.4 Å². The van der Waals surface area contributed by atoms with E-state index in [0.29, 0.717) is 18.3 Å². The summed E-state index contributed by atoms with van der Waals surface area (Å²) < 4.78 is 11.0. The molecule has 0 bridgehead atoms. The minimum Gasteiger partial charge on any atom is -0.381 e. The predicted octanol–water partition coefficient (Wildman–Crippen LogP) is 1.31. The lowest BCUT2D eigenvalue weighted by molar-refractivity contribution is 0.0150. The Morgan fingerprint density at radius 2 is 2.24 bits per heavy atom. The number of anilines is 1. The van der Waals surface area contributed by atoms with E-state index < -0.39 is 0 Å². The van der Waals surface area contributed by atoms with Gasteiger partial charge in [-0.3, -0.25) is 0 Å². The molecule has 17 heavy (non-hydrogen) atoms. The quantitative estimate of drug-likeness (QED) is 0.597. The second kappa shape index (κ2) is 6.54. The Bertz CT molecular complexity index is 340. The molecule has 1 fully saturated rings. The summed E-state index contributed by atoms with van der Waals surface area (Å²) in [6, 6.07) is 5.67. The fourth-order valence-corrected chi connectivity index (χ4v) is 1.88. The maximum atomic E-state index is 5.67. The average molecular weight is 237 g/mol. The van der Waals surface area contributed by atoms with Gasteiger partial charge >= 0.3 is 0 Å². The van der Waals surface area contributed by atoms with Crippen molar-refractivity contribution < 1.29 is 9.47 Å². The molecule has 0 unspecified atom stereocenters. The van der Waals surface area contributed by atoms with Crippen molar-refractivity contribution in [1.29, 1.82) is 0 Å². The fraction of sp³-hybridized carbons (Fsp3) is 0.583. The zero-order chi connectivity index (χ0) is 11.9. The first-order chi connectivity index (χ1) is 8.38. The Balaban J connectivity index is 1.73. The van der Waals surface area contributed by atoms with E-state index in [2.05, 4.69) is 10.4 Å². The number of hydrogen-bond acceptors (Lipinski definition) is 5. The molecular weight excluding hydrogens is 218 g/mol. The van der Waals surface area contributed by atoms with E-state index in [-0.39, 0.29) is 0 Å². The van der Waals surface area contributed by atoms with Crippen LogP contribution in [0.3, 0.4) is 0 Å². The van der Waals surface area contributed by atoms with Gasteiger partial charge in [0.05, 0.1) is 18.9 Å². The van der Waals surface area contributed by atoms with Crippen molar-refractivity contribution in [2.24, 2.45) is 11.8 Å². The highest BCUT2D eigenvalue weighted by Gasteiger charge is 2.13. The van der Waals surface area contributed by atoms with Crippen molar-refractivity contribution >= 4 is 5.82 Å². The summed E-state index contributed by atoms with van der Waals surface area (Å²) in [7, 11) is 0. The third kappa shape index (κ3) is 3.96. The second-order valence-corrected chi connectivity index (χ2v) is 4.23.